The Kier molecular flexibility index (Phi) is 2.67. The van der Waals surface area contributed by atoms with Crippen molar-refractivity contribution in [2.45, 2.75) is 6.54 Å². The third-order valence-corrected chi connectivity index (χ3v) is 3.08. The van der Waals surface area contributed by atoms with Crippen molar-refractivity contribution in [3.05, 3.63) is 34.1 Å². The number of nitrogens with zero attached hydrogens (tertiary/aromatic N) is 1. The molecule has 0 unspecified atom stereocenters. The summed E-state index contributed by atoms with van der Waals surface area (Å²) in [5.74, 6) is -0.497. The summed E-state index contributed by atoms with van der Waals surface area (Å²) in [6, 6.07) is 3.00. The van der Waals surface area contributed by atoms with E-state index in [1.165, 1.54) is 10.6 Å². The second-order valence-electron chi connectivity index (χ2n) is 4.22. The van der Waals surface area contributed by atoms with Crippen LogP contribution < -0.4 is 14.9 Å². The van der Waals surface area contributed by atoms with Crippen LogP contribution in [-0.2, 0) is 11.3 Å². The predicted molar refractivity (Wildman–Crippen MR) is 67.4 cm³/mol. The van der Waals surface area contributed by atoms with Crippen molar-refractivity contribution in [1.82, 2.24) is 4.57 Å². The molecule has 102 valence electrons. The highest BCUT2D eigenvalue weighted by Crippen LogP contribution is 2.35. The molecule has 0 radical (unpaired) electrons. The van der Waals surface area contributed by atoms with Crippen LogP contribution in [0.3, 0.4) is 0 Å². The maximum absolute atomic E-state index is 12.1. The van der Waals surface area contributed by atoms with Gasteiger partial charge >= 0.3 is 5.97 Å². The Morgan fingerprint density at radius 2 is 2.05 bits per heavy atom. The Bertz CT molecular complexity index is 792. The summed E-state index contributed by atoms with van der Waals surface area (Å²) in [7, 11) is 0. The number of aromatic nitrogens is 1. The number of aldehydes is 1. The Morgan fingerprint density at radius 3 is 2.70 bits per heavy atom. The Morgan fingerprint density at radius 1 is 1.35 bits per heavy atom. The van der Waals surface area contributed by atoms with Gasteiger partial charge in [0.2, 0.25) is 12.2 Å². The Labute approximate surface area is 112 Å². The standard InChI is InChI=1S/C13H9NO6/c15-2-1-14-5-8(13(17)18)12(16)7-3-10-11(4-9(7)14)20-6-19-10/h2-5H,1,6H2,(H,17,18). The molecule has 0 saturated heterocycles. The fourth-order valence-electron chi connectivity index (χ4n) is 2.16. The van der Waals surface area contributed by atoms with Gasteiger partial charge in [-0.2, -0.15) is 0 Å². The van der Waals surface area contributed by atoms with Crippen LogP contribution in [0.2, 0.25) is 0 Å². The summed E-state index contributed by atoms with van der Waals surface area (Å²) in [5, 5.41) is 9.23. The first-order chi connectivity index (χ1) is 9.61. The van der Waals surface area contributed by atoms with Gasteiger partial charge in [-0.05, 0) is 6.07 Å². The van der Waals surface area contributed by atoms with Gasteiger partial charge in [0, 0.05) is 12.3 Å². The monoisotopic (exact) mass is 275 g/mol. The van der Waals surface area contributed by atoms with Gasteiger partial charge in [-0.25, -0.2) is 4.79 Å². The van der Waals surface area contributed by atoms with E-state index in [1.807, 2.05) is 0 Å². The van der Waals surface area contributed by atoms with Crippen molar-refractivity contribution in [3.8, 4) is 11.5 Å². The molecule has 0 bridgehead atoms. The van der Waals surface area contributed by atoms with Crippen LogP contribution in [0, 0.1) is 0 Å². The zero-order valence-corrected chi connectivity index (χ0v) is 10.2. The lowest BCUT2D eigenvalue weighted by molar-refractivity contribution is -0.108. The summed E-state index contributed by atoms with van der Waals surface area (Å²) in [6.45, 7) is -0.0178. The molecular weight excluding hydrogens is 266 g/mol. The van der Waals surface area contributed by atoms with E-state index in [4.69, 9.17) is 14.6 Å². The largest absolute Gasteiger partial charge is 0.477 e. The summed E-state index contributed by atoms with van der Waals surface area (Å²) in [4.78, 5) is 34.0. The maximum Gasteiger partial charge on any atom is 0.341 e. The van der Waals surface area contributed by atoms with Crippen LogP contribution in [0.4, 0.5) is 0 Å². The van der Waals surface area contributed by atoms with Gasteiger partial charge in [-0.3, -0.25) is 4.79 Å². The van der Waals surface area contributed by atoms with Crippen LogP contribution in [0.5, 0.6) is 11.5 Å². The summed E-state index contributed by atoms with van der Waals surface area (Å²) < 4.78 is 11.8. The number of benzene rings is 1. The van der Waals surface area contributed by atoms with Gasteiger partial charge in [0.05, 0.1) is 17.4 Å². The minimum absolute atomic E-state index is 0.0410. The highest BCUT2D eigenvalue weighted by atomic mass is 16.7. The molecule has 0 saturated carbocycles. The van der Waals surface area contributed by atoms with Crippen LogP contribution in [0.1, 0.15) is 10.4 Å². The third-order valence-electron chi connectivity index (χ3n) is 3.08. The zero-order valence-electron chi connectivity index (χ0n) is 10.2. The first-order valence-electron chi connectivity index (χ1n) is 5.75. The molecular formula is C13H9NO6. The number of pyridine rings is 1. The van der Waals surface area contributed by atoms with Gasteiger partial charge in [0.1, 0.15) is 11.8 Å². The molecule has 0 amide bonds. The second-order valence-corrected chi connectivity index (χ2v) is 4.22. The fourth-order valence-corrected chi connectivity index (χ4v) is 2.16. The van der Waals surface area contributed by atoms with Crippen molar-refractivity contribution < 1.29 is 24.2 Å². The van der Waals surface area contributed by atoms with E-state index in [0.717, 1.165) is 6.20 Å². The molecule has 20 heavy (non-hydrogen) atoms. The average Bonchev–Trinajstić information content (AvgIpc) is 2.87. The Balaban J connectivity index is 2.40. The lowest BCUT2D eigenvalue weighted by Gasteiger charge is -2.10. The fraction of sp³-hybridized carbons (Fsp3) is 0.154. The molecule has 7 heteroatoms. The number of ether oxygens (including phenoxy) is 2. The number of aromatic carboxylic acids is 1. The van der Waals surface area contributed by atoms with Crippen LogP contribution in [-0.4, -0.2) is 28.7 Å². The van der Waals surface area contributed by atoms with E-state index in [-0.39, 0.29) is 18.7 Å². The lowest BCUT2D eigenvalue weighted by Crippen LogP contribution is -2.19. The van der Waals surface area contributed by atoms with Crippen LogP contribution in [0.25, 0.3) is 10.9 Å². The first kappa shape index (κ1) is 12.2. The minimum Gasteiger partial charge on any atom is -0.477 e. The molecule has 0 atom stereocenters. The van der Waals surface area contributed by atoms with Gasteiger partial charge < -0.3 is 23.9 Å². The van der Waals surface area contributed by atoms with Gasteiger partial charge in [0.15, 0.2) is 11.5 Å². The SMILES string of the molecule is O=CCn1cc(C(=O)O)c(=O)c2cc3c(cc21)OCO3. The molecule has 1 aliphatic heterocycles. The quantitative estimate of drug-likeness (QED) is 0.825. The number of hydrogen-bond acceptors (Lipinski definition) is 5. The molecule has 2 aromatic rings. The molecule has 0 fully saturated rings. The minimum atomic E-state index is -1.34. The number of carboxylic acids is 1. The summed E-state index contributed by atoms with van der Waals surface area (Å²) in [5.41, 5.74) is -0.581. The van der Waals surface area contributed by atoms with E-state index in [2.05, 4.69) is 0 Å². The van der Waals surface area contributed by atoms with Crippen molar-refractivity contribution in [3.63, 3.8) is 0 Å². The van der Waals surface area contributed by atoms with Gasteiger partial charge in [-0.15, -0.1) is 0 Å². The predicted octanol–water partition coefficient (Wildman–Crippen LogP) is 0.627. The molecule has 3 rings (SSSR count). The highest BCUT2D eigenvalue weighted by molar-refractivity contribution is 5.93. The molecule has 7 nitrogen and oxygen atoms in total. The number of carbonyl (C=O) groups is 2. The van der Waals surface area contributed by atoms with E-state index in [1.54, 1.807) is 6.07 Å². The first-order valence-corrected chi connectivity index (χ1v) is 5.75. The Hall–Kier alpha value is -2.83. The molecule has 2 heterocycles. The molecule has 1 aromatic carbocycles. The summed E-state index contributed by atoms with van der Waals surface area (Å²) in [6.07, 6.45) is 1.78. The third kappa shape index (κ3) is 1.71. The van der Waals surface area contributed by atoms with E-state index >= 15 is 0 Å². The molecule has 1 aliphatic rings. The smallest absolute Gasteiger partial charge is 0.341 e. The van der Waals surface area contributed by atoms with Gasteiger partial charge in [0.25, 0.3) is 0 Å². The van der Waals surface area contributed by atoms with E-state index < -0.39 is 17.0 Å². The van der Waals surface area contributed by atoms with Gasteiger partial charge in [-0.1, -0.05) is 0 Å². The number of fused-ring (bicyclic) bond motifs is 2. The van der Waals surface area contributed by atoms with Crippen LogP contribution in [0.15, 0.2) is 23.1 Å². The van der Waals surface area contributed by atoms with Crippen LogP contribution >= 0.6 is 0 Å². The van der Waals surface area contributed by atoms with Crippen molar-refractivity contribution in [1.29, 1.82) is 0 Å². The average molecular weight is 275 g/mol. The van der Waals surface area contributed by atoms with E-state index in [0.29, 0.717) is 23.3 Å². The molecule has 1 N–H and O–H groups in total. The molecule has 1 aromatic heterocycles. The number of carbonyl (C=O) groups excluding carboxylic acids is 1. The number of rotatable bonds is 3. The topological polar surface area (TPSA) is 94.8 Å². The zero-order chi connectivity index (χ0) is 14.3. The highest BCUT2D eigenvalue weighted by Gasteiger charge is 2.20. The number of carboxylic acid groups (broad SMARTS) is 1. The van der Waals surface area contributed by atoms with Crippen molar-refractivity contribution >= 4 is 23.2 Å². The second kappa shape index (κ2) is 4.37. The summed E-state index contributed by atoms with van der Waals surface area (Å²) >= 11 is 0. The lowest BCUT2D eigenvalue weighted by atomic mass is 10.1. The van der Waals surface area contributed by atoms with E-state index in [9.17, 15) is 14.4 Å². The molecule has 0 aliphatic carbocycles. The normalized spacial score (nSPS) is 12.6. The maximum atomic E-state index is 12.1. The van der Waals surface area contributed by atoms with Crippen molar-refractivity contribution in [2.24, 2.45) is 0 Å². The van der Waals surface area contributed by atoms with Crippen molar-refractivity contribution in [2.75, 3.05) is 6.79 Å². The number of hydrogen-bond donors (Lipinski definition) is 1. The molecule has 0 spiro atoms.